The lowest BCUT2D eigenvalue weighted by Gasteiger charge is -2.30. The summed E-state index contributed by atoms with van der Waals surface area (Å²) in [5, 5.41) is 4.79. The standard InChI is InChI=1S/C61H38N2/c1-3-14-43-35-48(30-26-39(43)12-1)58-38-59(49-31-27-40-13-2-4-15-44(40)36-49)63-60(62-58)42-28-24-41(25-29-42)45-16-11-17-46(34-45)47-32-33-53-52-20-7-10-23-56(52)61(57(53)37-47)54-21-8-5-18-50(54)51-19-6-9-22-55(51)61/h1-38H. The van der Waals surface area contributed by atoms with Gasteiger partial charge in [0, 0.05) is 16.7 Å². The fourth-order valence-corrected chi connectivity index (χ4v) is 10.5. The molecule has 1 heterocycles. The van der Waals surface area contributed by atoms with Crippen LogP contribution in [-0.2, 0) is 5.41 Å². The Labute approximate surface area is 366 Å². The maximum atomic E-state index is 5.22. The van der Waals surface area contributed by atoms with Crippen molar-refractivity contribution in [1.82, 2.24) is 9.97 Å². The maximum Gasteiger partial charge on any atom is 0.160 e. The molecule has 0 bridgehead atoms. The van der Waals surface area contributed by atoms with Crippen LogP contribution in [0, 0.1) is 0 Å². The molecule has 2 nitrogen and oxygen atoms in total. The van der Waals surface area contributed by atoms with Gasteiger partial charge in [-0.3, -0.25) is 0 Å². The van der Waals surface area contributed by atoms with E-state index in [1.54, 1.807) is 0 Å². The lowest BCUT2D eigenvalue weighted by atomic mass is 9.70. The van der Waals surface area contributed by atoms with Crippen LogP contribution in [0.25, 0.3) is 100.0 Å². The Morgan fingerprint density at radius 2 is 0.651 bits per heavy atom. The van der Waals surface area contributed by atoms with Crippen molar-refractivity contribution >= 4 is 21.5 Å². The molecule has 10 aromatic carbocycles. The zero-order chi connectivity index (χ0) is 41.5. The fourth-order valence-electron chi connectivity index (χ4n) is 10.5. The zero-order valence-electron chi connectivity index (χ0n) is 34.3. The van der Waals surface area contributed by atoms with Crippen molar-refractivity contribution in [2.45, 2.75) is 5.41 Å². The molecule has 1 aromatic heterocycles. The summed E-state index contributed by atoms with van der Waals surface area (Å²) in [5.74, 6) is 0.701. The molecule has 2 aliphatic carbocycles. The van der Waals surface area contributed by atoms with Crippen molar-refractivity contribution in [3.05, 3.63) is 253 Å². The van der Waals surface area contributed by atoms with E-state index >= 15 is 0 Å². The number of nitrogens with zero attached hydrogens (tertiary/aromatic N) is 2. The van der Waals surface area contributed by atoms with Gasteiger partial charge in [-0.15, -0.1) is 0 Å². The van der Waals surface area contributed by atoms with E-state index in [2.05, 4.69) is 231 Å². The molecule has 292 valence electrons. The second-order valence-electron chi connectivity index (χ2n) is 16.9. The first-order valence-electron chi connectivity index (χ1n) is 21.7. The Kier molecular flexibility index (Phi) is 7.85. The molecule has 2 aliphatic rings. The Morgan fingerprint density at radius 1 is 0.238 bits per heavy atom. The van der Waals surface area contributed by atoms with Crippen LogP contribution in [-0.4, -0.2) is 9.97 Å². The smallest absolute Gasteiger partial charge is 0.160 e. The molecule has 0 fully saturated rings. The van der Waals surface area contributed by atoms with Crippen LogP contribution in [0.4, 0.5) is 0 Å². The van der Waals surface area contributed by atoms with Crippen LogP contribution in [0.2, 0.25) is 0 Å². The van der Waals surface area contributed by atoms with Crippen molar-refractivity contribution < 1.29 is 0 Å². The van der Waals surface area contributed by atoms with Gasteiger partial charge in [-0.2, -0.15) is 0 Å². The summed E-state index contributed by atoms with van der Waals surface area (Å²) >= 11 is 0. The minimum absolute atomic E-state index is 0.371. The van der Waals surface area contributed by atoms with Crippen LogP contribution in [0.3, 0.4) is 0 Å². The highest BCUT2D eigenvalue weighted by molar-refractivity contribution is 5.96. The second-order valence-corrected chi connectivity index (χ2v) is 16.9. The normalized spacial score (nSPS) is 12.9. The molecule has 63 heavy (non-hydrogen) atoms. The average Bonchev–Trinajstić information content (AvgIpc) is 3.83. The maximum absolute atomic E-state index is 5.22. The van der Waals surface area contributed by atoms with E-state index in [1.807, 2.05) is 0 Å². The molecular weight excluding hydrogens is 761 g/mol. The average molecular weight is 799 g/mol. The molecule has 0 saturated carbocycles. The quantitative estimate of drug-likeness (QED) is 0.173. The van der Waals surface area contributed by atoms with E-state index in [9.17, 15) is 0 Å². The van der Waals surface area contributed by atoms with Gasteiger partial charge in [0.05, 0.1) is 16.8 Å². The third-order valence-electron chi connectivity index (χ3n) is 13.5. The molecule has 11 aromatic rings. The Balaban J connectivity index is 0.888. The highest BCUT2D eigenvalue weighted by Gasteiger charge is 2.51. The summed E-state index contributed by atoms with van der Waals surface area (Å²) < 4.78 is 0. The third kappa shape index (κ3) is 5.51. The summed E-state index contributed by atoms with van der Waals surface area (Å²) in [6, 6.07) is 84.1. The largest absolute Gasteiger partial charge is 0.228 e. The first kappa shape index (κ1) is 35.5. The molecule has 0 radical (unpaired) electrons. The van der Waals surface area contributed by atoms with E-state index in [4.69, 9.17) is 9.97 Å². The summed E-state index contributed by atoms with van der Waals surface area (Å²) in [6.07, 6.45) is 0. The lowest BCUT2D eigenvalue weighted by Crippen LogP contribution is -2.25. The highest BCUT2D eigenvalue weighted by atomic mass is 14.9. The molecule has 2 heteroatoms. The molecule has 0 amide bonds. The van der Waals surface area contributed by atoms with Crippen LogP contribution in [0.15, 0.2) is 231 Å². The van der Waals surface area contributed by atoms with E-state index < -0.39 is 0 Å². The molecule has 13 rings (SSSR count). The number of hydrogen-bond acceptors (Lipinski definition) is 2. The fraction of sp³-hybridized carbons (Fsp3) is 0.0164. The SMILES string of the molecule is c1cc(-c2ccc(-c3nc(-c4ccc5ccccc5c4)cc(-c4ccc5ccccc5c4)n3)cc2)cc(-c2ccc3c(c2)C2(c4ccccc4-c4ccccc42)c2ccccc2-3)c1. The van der Waals surface area contributed by atoms with Gasteiger partial charge < -0.3 is 0 Å². The van der Waals surface area contributed by atoms with Crippen LogP contribution in [0.1, 0.15) is 22.3 Å². The zero-order valence-corrected chi connectivity index (χ0v) is 34.3. The van der Waals surface area contributed by atoms with Gasteiger partial charge in [0.1, 0.15) is 0 Å². The summed E-state index contributed by atoms with van der Waals surface area (Å²) in [5.41, 5.74) is 19.9. The molecule has 0 unspecified atom stereocenters. The number of rotatable bonds is 5. The number of benzene rings is 10. The summed E-state index contributed by atoms with van der Waals surface area (Å²) in [6.45, 7) is 0. The minimum atomic E-state index is -0.371. The van der Waals surface area contributed by atoms with Gasteiger partial charge in [0.15, 0.2) is 5.82 Å². The van der Waals surface area contributed by atoms with Crippen LogP contribution in [0.5, 0.6) is 0 Å². The minimum Gasteiger partial charge on any atom is -0.228 e. The van der Waals surface area contributed by atoms with Gasteiger partial charge in [-0.25, -0.2) is 9.97 Å². The van der Waals surface area contributed by atoms with Crippen molar-refractivity contribution in [2.75, 3.05) is 0 Å². The Bertz CT molecular complexity index is 3470. The highest BCUT2D eigenvalue weighted by Crippen LogP contribution is 2.63. The van der Waals surface area contributed by atoms with Gasteiger partial charge in [-0.1, -0.05) is 200 Å². The lowest BCUT2D eigenvalue weighted by molar-refractivity contribution is 0.794. The number of fused-ring (bicyclic) bond motifs is 12. The number of aromatic nitrogens is 2. The third-order valence-corrected chi connectivity index (χ3v) is 13.5. The predicted molar refractivity (Wildman–Crippen MR) is 261 cm³/mol. The number of hydrogen-bond donors (Lipinski definition) is 0. The van der Waals surface area contributed by atoms with Crippen LogP contribution < -0.4 is 0 Å². The monoisotopic (exact) mass is 798 g/mol. The van der Waals surface area contributed by atoms with Crippen molar-refractivity contribution in [2.24, 2.45) is 0 Å². The second kappa shape index (κ2) is 13.9. The van der Waals surface area contributed by atoms with Gasteiger partial charge in [0.25, 0.3) is 0 Å². The van der Waals surface area contributed by atoms with Crippen molar-refractivity contribution in [3.8, 4) is 78.4 Å². The first-order chi connectivity index (χ1) is 31.2. The van der Waals surface area contributed by atoms with E-state index in [-0.39, 0.29) is 5.41 Å². The molecule has 1 spiro atoms. The molecule has 0 saturated heterocycles. The topological polar surface area (TPSA) is 25.8 Å². The predicted octanol–water partition coefficient (Wildman–Crippen LogP) is 15.5. The summed E-state index contributed by atoms with van der Waals surface area (Å²) in [7, 11) is 0. The molecule has 0 atom stereocenters. The summed E-state index contributed by atoms with van der Waals surface area (Å²) in [4.78, 5) is 10.4. The van der Waals surface area contributed by atoms with Crippen LogP contribution >= 0.6 is 0 Å². The van der Waals surface area contributed by atoms with Crippen molar-refractivity contribution in [1.29, 1.82) is 0 Å². The first-order valence-corrected chi connectivity index (χ1v) is 21.7. The van der Waals surface area contributed by atoms with E-state index in [0.29, 0.717) is 5.82 Å². The van der Waals surface area contributed by atoms with Gasteiger partial charge in [0.2, 0.25) is 0 Å². The Morgan fingerprint density at radius 3 is 1.21 bits per heavy atom. The van der Waals surface area contributed by atoms with Crippen molar-refractivity contribution in [3.63, 3.8) is 0 Å². The van der Waals surface area contributed by atoms with Gasteiger partial charge >= 0.3 is 0 Å². The Hall–Kier alpha value is -8.20. The van der Waals surface area contributed by atoms with E-state index in [1.165, 1.54) is 77.2 Å². The molecular formula is C61H38N2. The van der Waals surface area contributed by atoms with E-state index in [0.717, 1.165) is 39.2 Å². The van der Waals surface area contributed by atoms with Gasteiger partial charge in [-0.05, 0) is 119 Å². The molecule has 0 N–H and O–H groups in total. The molecule has 0 aliphatic heterocycles.